The van der Waals surface area contributed by atoms with E-state index in [9.17, 15) is 0 Å². The van der Waals surface area contributed by atoms with E-state index in [2.05, 4.69) is 94.9 Å². The molecule has 1 heteroatoms. The fourth-order valence-electron chi connectivity index (χ4n) is 4.50. The van der Waals surface area contributed by atoms with Crippen LogP contribution in [0.25, 0.3) is 22.0 Å². The molecule has 1 aromatic heterocycles. The van der Waals surface area contributed by atoms with E-state index in [1.54, 1.807) is 0 Å². The Balaban J connectivity index is 2.29. The van der Waals surface area contributed by atoms with Gasteiger partial charge in [-0.2, -0.15) is 0 Å². The second-order valence-corrected chi connectivity index (χ2v) is 8.30. The highest BCUT2D eigenvalue weighted by Crippen LogP contribution is 2.54. The molecular weight excluding hydrogens is 290 g/mol. The summed E-state index contributed by atoms with van der Waals surface area (Å²) in [6.07, 6.45) is 2.28. The van der Waals surface area contributed by atoms with E-state index in [1.165, 1.54) is 38.7 Å². The first-order valence-electron chi connectivity index (χ1n) is 8.79. The molecule has 2 aromatic carbocycles. The van der Waals surface area contributed by atoms with Crippen LogP contribution in [0, 0.1) is 6.92 Å². The number of benzene rings is 2. The van der Waals surface area contributed by atoms with E-state index < -0.39 is 0 Å². The van der Waals surface area contributed by atoms with Gasteiger partial charge in [-0.1, -0.05) is 64.1 Å². The number of hydrogen-bond donors (Lipinski definition) is 0. The molecule has 1 aliphatic carbocycles. The predicted octanol–water partition coefficient (Wildman–Crippen LogP) is 5.21. The molecular formula is C23H26N+. The number of nitrogens with zero attached hydrogens (tertiary/aromatic N) is 1. The number of aryl methyl sites for hydroxylation is 2. The van der Waals surface area contributed by atoms with Gasteiger partial charge in [0.15, 0.2) is 6.20 Å². The Labute approximate surface area is 145 Å². The first-order valence-corrected chi connectivity index (χ1v) is 8.79. The van der Waals surface area contributed by atoms with Crippen LogP contribution >= 0.6 is 0 Å². The zero-order chi connectivity index (χ0) is 17.3. The van der Waals surface area contributed by atoms with Crippen molar-refractivity contribution in [3.63, 3.8) is 0 Å². The second-order valence-electron chi connectivity index (χ2n) is 8.30. The lowest BCUT2D eigenvalue weighted by Crippen LogP contribution is -2.48. The Bertz CT molecular complexity index is 977. The van der Waals surface area contributed by atoms with Crippen molar-refractivity contribution in [2.45, 2.75) is 45.4 Å². The number of pyridine rings is 1. The lowest BCUT2D eigenvalue weighted by Gasteiger charge is -2.47. The minimum atomic E-state index is 0.0434. The monoisotopic (exact) mass is 316 g/mol. The SMILES string of the molecule is Cc1cccc2c1-c1c(c3ccccc3c[n+]1C)C(C)(C)C2(C)C. The highest BCUT2D eigenvalue weighted by Gasteiger charge is 2.50. The van der Waals surface area contributed by atoms with Gasteiger partial charge < -0.3 is 0 Å². The fraction of sp³-hybridized carbons (Fsp3) is 0.348. The highest BCUT2D eigenvalue weighted by molar-refractivity contribution is 5.92. The summed E-state index contributed by atoms with van der Waals surface area (Å²) in [6, 6.07) is 15.6. The van der Waals surface area contributed by atoms with Crippen LogP contribution in [-0.2, 0) is 17.9 Å². The topological polar surface area (TPSA) is 3.88 Å². The molecule has 122 valence electrons. The van der Waals surface area contributed by atoms with Crippen LogP contribution in [0.4, 0.5) is 0 Å². The van der Waals surface area contributed by atoms with Crippen molar-refractivity contribution in [3.05, 3.63) is 65.4 Å². The van der Waals surface area contributed by atoms with Crippen LogP contribution in [0.1, 0.15) is 44.4 Å². The van der Waals surface area contributed by atoms with Gasteiger partial charge in [0, 0.05) is 16.4 Å². The first kappa shape index (κ1) is 15.4. The maximum Gasteiger partial charge on any atom is 0.217 e. The Hall–Kier alpha value is -2.15. The molecule has 0 spiro atoms. The molecule has 0 N–H and O–H groups in total. The van der Waals surface area contributed by atoms with E-state index in [0.717, 1.165) is 0 Å². The van der Waals surface area contributed by atoms with E-state index in [4.69, 9.17) is 0 Å². The van der Waals surface area contributed by atoms with Gasteiger partial charge in [0.1, 0.15) is 7.05 Å². The zero-order valence-corrected chi connectivity index (χ0v) is 15.6. The third-order valence-electron chi connectivity index (χ3n) is 6.52. The third kappa shape index (κ3) is 1.73. The Kier molecular flexibility index (Phi) is 3.01. The summed E-state index contributed by atoms with van der Waals surface area (Å²) in [5.41, 5.74) is 7.22. The van der Waals surface area contributed by atoms with Crippen molar-refractivity contribution in [2.24, 2.45) is 7.05 Å². The molecule has 0 atom stereocenters. The molecule has 0 bridgehead atoms. The molecule has 0 radical (unpaired) electrons. The van der Waals surface area contributed by atoms with Gasteiger partial charge >= 0.3 is 0 Å². The molecule has 0 saturated heterocycles. The first-order chi connectivity index (χ1) is 11.3. The van der Waals surface area contributed by atoms with E-state index >= 15 is 0 Å². The molecule has 0 saturated carbocycles. The normalized spacial score (nSPS) is 17.4. The van der Waals surface area contributed by atoms with Gasteiger partial charge in [-0.15, -0.1) is 0 Å². The maximum absolute atomic E-state index is 2.41. The molecule has 1 aliphatic rings. The van der Waals surface area contributed by atoms with Crippen LogP contribution in [0.5, 0.6) is 0 Å². The van der Waals surface area contributed by atoms with Crippen LogP contribution in [0.2, 0.25) is 0 Å². The van der Waals surface area contributed by atoms with Gasteiger partial charge in [0.25, 0.3) is 0 Å². The molecule has 0 amide bonds. The Morgan fingerprint density at radius 1 is 0.833 bits per heavy atom. The second kappa shape index (κ2) is 4.69. The van der Waals surface area contributed by atoms with Gasteiger partial charge in [0.05, 0.1) is 5.56 Å². The Morgan fingerprint density at radius 3 is 2.29 bits per heavy atom. The van der Waals surface area contributed by atoms with Crippen molar-refractivity contribution >= 4 is 10.8 Å². The average molecular weight is 316 g/mol. The largest absolute Gasteiger partial charge is 0.217 e. The average Bonchev–Trinajstić information content (AvgIpc) is 2.52. The summed E-state index contributed by atoms with van der Waals surface area (Å²) >= 11 is 0. The molecule has 24 heavy (non-hydrogen) atoms. The van der Waals surface area contributed by atoms with E-state index in [0.29, 0.717) is 0 Å². The smallest absolute Gasteiger partial charge is 0.200 e. The number of rotatable bonds is 0. The van der Waals surface area contributed by atoms with Crippen molar-refractivity contribution in [1.82, 2.24) is 0 Å². The molecule has 0 aliphatic heterocycles. The predicted molar refractivity (Wildman–Crippen MR) is 101 cm³/mol. The van der Waals surface area contributed by atoms with Crippen LogP contribution in [-0.4, -0.2) is 0 Å². The van der Waals surface area contributed by atoms with Gasteiger partial charge in [0.2, 0.25) is 5.69 Å². The maximum atomic E-state index is 2.41. The summed E-state index contributed by atoms with van der Waals surface area (Å²) < 4.78 is 2.33. The summed E-state index contributed by atoms with van der Waals surface area (Å²) in [6.45, 7) is 11.9. The molecule has 4 rings (SSSR count). The number of aromatic nitrogens is 1. The highest BCUT2D eigenvalue weighted by atomic mass is 14.9. The molecule has 0 unspecified atom stereocenters. The standard InChI is InChI=1S/C23H26N/c1-15-10-9-13-18-19(15)21-20(23(4,5)22(18,2)3)17-12-8-7-11-16(17)14-24(21)6/h7-14H,1-6H3/q+1. The van der Waals surface area contributed by atoms with Crippen LogP contribution < -0.4 is 4.57 Å². The summed E-state index contributed by atoms with van der Waals surface area (Å²) in [4.78, 5) is 0. The summed E-state index contributed by atoms with van der Waals surface area (Å²) in [5, 5.41) is 2.71. The van der Waals surface area contributed by atoms with E-state index in [-0.39, 0.29) is 10.8 Å². The summed E-state index contributed by atoms with van der Waals surface area (Å²) in [5.74, 6) is 0. The fourth-order valence-corrected chi connectivity index (χ4v) is 4.50. The zero-order valence-electron chi connectivity index (χ0n) is 15.6. The number of fused-ring (bicyclic) bond motifs is 5. The number of hydrogen-bond acceptors (Lipinski definition) is 0. The molecule has 1 nitrogen and oxygen atoms in total. The molecule has 3 aromatic rings. The van der Waals surface area contributed by atoms with Crippen molar-refractivity contribution in [3.8, 4) is 11.3 Å². The van der Waals surface area contributed by atoms with Crippen molar-refractivity contribution < 1.29 is 4.57 Å². The molecule has 0 fully saturated rings. The van der Waals surface area contributed by atoms with Crippen LogP contribution in [0.15, 0.2) is 48.7 Å². The van der Waals surface area contributed by atoms with Gasteiger partial charge in [-0.25, -0.2) is 4.57 Å². The van der Waals surface area contributed by atoms with E-state index in [1.807, 2.05) is 0 Å². The van der Waals surface area contributed by atoms with Crippen molar-refractivity contribution in [2.75, 3.05) is 0 Å². The Morgan fingerprint density at radius 2 is 1.54 bits per heavy atom. The van der Waals surface area contributed by atoms with Gasteiger partial charge in [-0.3, -0.25) is 0 Å². The minimum Gasteiger partial charge on any atom is -0.200 e. The van der Waals surface area contributed by atoms with Crippen molar-refractivity contribution in [1.29, 1.82) is 0 Å². The van der Waals surface area contributed by atoms with Gasteiger partial charge in [-0.05, 0) is 34.9 Å². The minimum absolute atomic E-state index is 0.0434. The lowest BCUT2D eigenvalue weighted by atomic mass is 9.55. The quantitative estimate of drug-likeness (QED) is 0.501. The third-order valence-corrected chi connectivity index (χ3v) is 6.52. The lowest BCUT2D eigenvalue weighted by molar-refractivity contribution is -0.659. The van der Waals surface area contributed by atoms with Crippen LogP contribution in [0.3, 0.4) is 0 Å². The molecule has 1 heterocycles. The summed E-state index contributed by atoms with van der Waals surface area (Å²) in [7, 11) is 2.19.